The Hall–Kier alpha value is -3.06. The van der Waals surface area contributed by atoms with Gasteiger partial charge < -0.3 is 20.1 Å². The Bertz CT molecular complexity index is 859. The van der Waals surface area contributed by atoms with Crippen LogP contribution in [0, 0.1) is 0 Å². The highest BCUT2D eigenvalue weighted by atomic mass is 32.1. The molecule has 0 atom stereocenters. The summed E-state index contributed by atoms with van der Waals surface area (Å²) in [4.78, 5) is 17.6. The van der Waals surface area contributed by atoms with Gasteiger partial charge in [0.15, 0.2) is 0 Å². The Morgan fingerprint density at radius 3 is 2.54 bits per heavy atom. The minimum absolute atomic E-state index is 0.318. The average Bonchev–Trinajstić information content (AvgIpc) is 3.21. The molecule has 0 aliphatic heterocycles. The van der Waals surface area contributed by atoms with Gasteiger partial charge in [-0.2, -0.15) is 0 Å². The van der Waals surface area contributed by atoms with Gasteiger partial charge >= 0.3 is 6.03 Å². The second-order valence-electron chi connectivity index (χ2n) is 5.47. The average molecular weight is 369 g/mol. The van der Waals surface area contributed by atoms with E-state index < -0.39 is 0 Å². The van der Waals surface area contributed by atoms with Gasteiger partial charge in [0.1, 0.15) is 11.5 Å². The zero-order valence-corrected chi connectivity index (χ0v) is 15.3. The molecule has 1 aromatic carbocycles. The third-order valence-corrected chi connectivity index (χ3v) is 4.58. The number of hydrogen-bond donors (Lipinski definition) is 2. The number of ether oxygens (including phenoxy) is 2. The molecule has 0 bridgehead atoms. The van der Waals surface area contributed by atoms with Crippen molar-refractivity contribution in [3.05, 3.63) is 59.7 Å². The normalized spacial score (nSPS) is 10.2. The van der Waals surface area contributed by atoms with Gasteiger partial charge in [-0.1, -0.05) is 6.07 Å². The predicted molar refractivity (Wildman–Crippen MR) is 103 cm³/mol. The van der Waals surface area contributed by atoms with Crippen LogP contribution in [0.5, 0.6) is 11.5 Å². The van der Waals surface area contributed by atoms with Crippen molar-refractivity contribution in [1.29, 1.82) is 0 Å². The van der Waals surface area contributed by atoms with Crippen LogP contribution in [0.4, 0.5) is 10.5 Å². The van der Waals surface area contributed by atoms with Gasteiger partial charge in [0.2, 0.25) is 0 Å². The SMILES string of the molecule is COc1cc(NC(=O)NCc2cncc(-c3cccs3)c2)cc(OC)c1. The van der Waals surface area contributed by atoms with E-state index in [-0.39, 0.29) is 6.03 Å². The third-order valence-electron chi connectivity index (χ3n) is 3.66. The number of nitrogens with zero attached hydrogens (tertiary/aromatic N) is 1. The number of amides is 2. The summed E-state index contributed by atoms with van der Waals surface area (Å²) >= 11 is 1.65. The van der Waals surface area contributed by atoms with Crippen LogP contribution in [0.25, 0.3) is 10.4 Å². The van der Waals surface area contributed by atoms with E-state index in [1.807, 2.05) is 29.8 Å². The van der Waals surface area contributed by atoms with Crippen LogP contribution in [0.2, 0.25) is 0 Å². The van der Waals surface area contributed by atoms with Crippen LogP contribution in [0.15, 0.2) is 54.2 Å². The number of urea groups is 1. The molecule has 0 aliphatic carbocycles. The van der Waals surface area contributed by atoms with Gasteiger partial charge in [0.05, 0.1) is 14.2 Å². The third kappa shape index (κ3) is 4.52. The second-order valence-corrected chi connectivity index (χ2v) is 6.42. The van der Waals surface area contributed by atoms with Crippen molar-refractivity contribution in [3.63, 3.8) is 0 Å². The Morgan fingerprint density at radius 2 is 1.88 bits per heavy atom. The molecular formula is C19H19N3O3S. The van der Waals surface area contributed by atoms with Crippen LogP contribution in [0.3, 0.4) is 0 Å². The largest absolute Gasteiger partial charge is 0.497 e. The van der Waals surface area contributed by atoms with Gasteiger partial charge in [0.25, 0.3) is 0 Å². The van der Waals surface area contributed by atoms with Gasteiger partial charge in [-0.25, -0.2) is 4.79 Å². The zero-order valence-electron chi connectivity index (χ0n) is 14.5. The number of carbonyl (C=O) groups excluding carboxylic acids is 1. The van der Waals surface area contributed by atoms with Crippen molar-refractivity contribution in [3.8, 4) is 21.9 Å². The van der Waals surface area contributed by atoms with Crippen LogP contribution in [0.1, 0.15) is 5.56 Å². The van der Waals surface area contributed by atoms with Crippen molar-refractivity contribution in [2.45, 2.75) is 6.54 Å². The molecule has 0 fully saturated rings. The molecular weight excluding hydrogens is 350 g/mol. The number of carbonyl (C=O) groups is 1. The highest BCUT2D eigenvalue weighted by Gasteiger charge is 2.07. The lowest BCUT2D eigenvalue weighted by molar-refractivity contribution is 0.251. The van der Waals surface area contributed by atoms with E-state index in [4.69, 9.17) is 9.47 Å². The molecule has 0 saturated heterocycles. The monoisotopic (exact) mass is 369 g/mol. The number of aromatic nitrogens is 1. The number of rotatable bonds is 6. The van der Waals surface area contributed by atoms with Gasteiger partial charge in [-0.3, -0.25) is 4.98 Å². The molecule has 3 rings (SSSR count). The first-order valence-electron chi connectivity index (χ1n) is 7.93. The van der Waals surface area contributed by atoms with E-state index in [2.05, 4.69) is 15.6 Å². The maximum atomic E-state index is 12.2. The van der Waals surface area contributed by atoms with E-state index in [0.29, 0.717) is 23.7 Å². The number of pyridine rings is 1. The Kier molecular flexibility index (Phi) is 5.70. The van der Waals surface area contributed by atoms with Crippen molar-refractivity contribution < 1.29 is 14.3 Å². The summed E-state index contributed by atoms with van der Waals surface area (Å²) in [6.07, 6.45) is 3.56. The summed E-state index contributed by atoms with van der Waals surface area (Å²) in [5.74, 6) is 1.21. The van der Waals surface area contributed by atoms with Crippen molar-refractivity contribution in [2.75, 3.05) is 19.5 Å². The van der Waals surface area contributed by atoms with Gasteiger partial charge in [0, 0.05) is 53.3 Å². The molecule has 0 unspecified atom stereocenters. The molecule has 2 aromatic heterocycles. The van der Waals surface area contributed by atoms with E-state index in [1.165, 1.54) is 0 Å². The minimum Gasteiger partial charge on any atom is -0.497 e. The lowest BCUT2D eigenvalue weighted by Gasteiger charge is -2.11. The molecule has 2 N–H and O–H groups in total. The molecule has 0 saturated carbocycles. The number of nitrogens with one attached hydrogen (secondary N) is 2. The number of anilines is 1. The second kappa shape index (κ2) is 8.35. The lowest BCUT2D eigenvalue weighted by atomic mass is 10.2. The zero-order chi connectivity index (χ0) is 18.4. The van der Waals surface area contributed by atoms with E-state index >= 15 is 0 Å². The minimum atomic E-state index is -0.318. The molecule has 7 heteroatoms. The van der Waals surface area contributed by atoms with E-state index in [0.717, 1.165) is 16.0 Å². The summed E-state index contributed by atoms with van der Waals surface area (Å²) in [6.45, 7) is 0.374. The molecule has 0 aliphatic rings. The maximum absolute atomic E-state index is 12.2. The number of hydrogen-bond acceptors (Lipinski definition) is 5. The molecule has 134 valence electrons. The summed E-state index contributed by atoms with van der Waals surface area (Å²) in [5, 5.41) is 7.63. The van der Waals surface area contributed by atoms with Gasteiger partial charge in [-0.05, 0) is 23.1 Å². The quantitative estimate of drug-likeness (QED) is 0.685. The first kappa shape index (κ1) is 17.8. The Balaban J connectivity index is 1.62. The van der Waals surface area contributed by atoms with Crippen LogP contribution in [-0.2, 0) is 6.54 Å². The van der Waals surface area contributed by atoms with E-state index in [9.17, 15) is 4.79 Å². The fraction of sp³-hybridized carbons (Fsp3) is 0.158. The fourth-order valence-electron chi connectivity index (χ4n) is 2.40. The number of methoxy groups -OCH3 is 2. The molecule has 0 radical (unpaired) electrons. The molecule has 2 amide bonds. The van der Waals surface area contributed by atoms with Crippen LogP contribution < -0.4 is 20.1 Å². The molecule has 6 nitrogen and oxygen atoms in total. The summed E-state index contributed by atoms with van der Waals surface area (Å²) in [6, 6.07) is 10.9. The lowest BCUT2D eigenvalue weighted by Crippen LogP contribution is -2.28. The topological polar surface area (TPSA) is 72.5 Å². The maximum Gasteiger partial charge on any atom is 0.319 e. The first-order valence-corrected chi connectivity index (χ1v) is 8.81. The summed E-state index contributed by atoms with van der Waals surface area (Å²) in [7, 11) is 3.12. The molecule has 26 heavy (non-hydrogen) atoms. The highest BCUT2D eigenvalue weighted by Crippen LogP contribution is 2.26. The first-order chi connectivity index (χ1) is 12.7. The fourth-order valence-corrected chi connectivity index (χ4v) is 3.11. The molecule has 2 heterocycles. The summed E-state index contributed by atoms with van der Waals surface area (Å²) in [5.41, 5.74) is 2.55. The van der Waals surface area contributed by atoms with Crippen LogP contribution >= 0.6 is 11.3 Å². The Labute approximate surface area is 155 Å². The van der Waals surface area contributed by atoms with E-state index in [1.54, 1.807) is 50.0 Å². The standard InChI is InChI=1S/C19H19N3O3S/c1-24-16-7-15(8-17(9-16)25-2)22-19(23)21-11-13-6-14(12-20-10-13)18-4-3-5-26-18/h3-10,12H,11H2,1-2H3,(H2,21,22,23). The van der Waals surface area contributed by atoms with Crippen LogP contribution in [-0.4, -0.2) is 25.2 Å². The number of thiophene rings is 1. The van der Waals surface area contributed by atoms with Crippen molar-refractivity contribution >= 4 is 23.1 Å². The number of benzene rings is 1. The smallest absolute Gasteiger partial charge is 0.319 e. The Morgan fingerprint density at radius 1 is 1.12 bits per heavy atom. The molecule has 3 aromatic rings. The predicted octanol–water partition coefficient (Wildman–Crippen LogP) is 4.15. The summed E-state index contributed by atoms with van der Waals surface area (Å²) < 4.78 is 10.4. The molecule has 0 spiro atoms. The van der Waals surface area contributed by atoms with Crippen molar-refractivity contribution in [2.24, 2.45) is 0 Å². The van der Waals surface area contributed by atoms with Crippen molar-refractivity contribution in [1.82, 2.24) is 10.3 Å². The highest BCUT2D eigenvalue weighted by molar-refractivity contribution is 7.13. The van der Waals surface area contributed by atoms with Gasteiger partial charge in [-0.15, -0.1) is 11.3 Å².